The number of hydrogen-bond acceptors (Lipinski definition) is 8. The summed E-state index contributed by atoms with van der Waals surface area (Å²) in [6.07, 6.45) is 1.95. The molecule has 27 heavy (non-hydrogen) atoms. The minimum absolute atomic E-state index is 0.0430. The van der Waals surface area contributed by atoms with Gasteiger partial charge in [-0.15, -0.1) is 0 Å². The summed E-state index contributed by atoms with van der Waals surface area (Å²) < 4.78 is 7.79. The highest BCUT2D eigenvalue weighted by atomic mass is 16.5. The monoisotopic (exact) mass is 370 g/mol. The summed E-state index contributed by atoms with van der Waals surface area (Å²) in [4.78, 5) is 12.4. The number of aliphatic hydroxyl groups is 2. The quantitative estimate of drug-likeness (QED) is 0.490. The van der Waals surface area contributed by atoms with Gasteiger partial charge in [-0.1, -0.05) is 30.3 Å². The lowest BCUT2D eigenvalue weighted by atomic mass is 10.1. The van der Waals surface area contributed by atoms with Gasteiger partial charge >= 0.3 is 0 Å². The summed E-state index contributed by atoms with van der Waals surface area (Å²) >= 11 is 0. The van der Waals surface area contributed by atoms with Crippen LogP contribution in [-0.2, 0) is 4.74 Å². The van der Waals surface area contributed by atoms with E-state index >= 15 is 0 Å². The van der Waals surface area contributed by atoms with E-state index < -0.39 is 18.4 Å². The third kappa shape index (κ3) is 3.50. The number of aliphatic hydroxyl groups excluding tert-OH is 2. The average Bonchev–Trinajstić information content (AvgIpc) is 3.28. The Morgan fingerprint density at radius 3 is 2.85 bits per heavy atom. The van der Waals surface area contributed by atoms with Crippen molar-refractivity contribution in [1.82, 2.24) is 24.8 Å². The zero-order valence-electron chi connectivity index (χ0n) is 14.6. The van der Waals surface area contributed by atoms with Crippen molar-refractivity contribution in [3.05, 3.63) is 48.5 Å². The topological polar surface area (TPSA) is 131 Å². The van der Waals surface area contributed by atoms with Crippen LogP contribution in [-0.4, -0.2) is 55.1 Å². The molecule has 1 aliphatic rings. The van der Waals surface area contributed by atoms with E-state index in [1.807, 2.05) is 30.3 Å². The molecule has 9 nitrogen and oxygen atoms in total. The van der Waals surface area contributed by atoms with Crippen molar-refractivity contribution in [2.24, 2.45) is 0 Å². The molecule has 1 aromatic carbocycles. The van der Waals surface area contributed by atoms with E-state index in [0.29, 0.717) is 29.9 Å². The van der Waals surface area contributed by atoms with Gasteiger partial charge in [0.25, 0.3) is 0 Å². The molecular formula is C18H22N6O3. The van der Waals surface area contributed by atoms with Crippen LogP contribution in [0.2, 0.25) is 0 Å². The first-order chi connectivity index (χ1) is 13.2. The fraction of sp³-hybridized carbons (Fsp3) is 0.389. The number of nitrogen functional groups attached to an aromatic ring is 1. The van der Waals surface area contributed by atoms with Gasteiger partial charge in [0.05, 0.1) is 31.2 Å². The molecule has 1 fully saturated rings. The Morgan fingerprint density at radius 2 is 2.07 bits per heavy atom. The Morgan fingerprint density at radius 1 is 1.26 bits per heavy atom. The first-order valence-electron chi connectivity index (χ1n) is 8.83. The largest absolute Gasteiger partial charge is 0.394 e. The second-order valence-electron chi connectivity index (χ2n) is 6.57. The van der Waals surface area contributed by atoms with Crippen molar-refractivity contribution in [2.75, 3.05) is 18.9 Å². The van der Waals surface area contributed by atoms with Crippen molar-refractivity contribution >= 4 is 17.0 Å². The van der Waals surface area contributed by atoms with Gasteiger partial charge in [-0.3, -0.25) is 4.57 Å². The molecule has 0 radical (unpaired) electrons. The summed E-state index contributed by atoms with van der Waals surface area (Å²) in [6.45, 7) is 0.361. The van der Waals surface area contributed by atoms with Crippen LogP contribution in [0.4, 0.5) is 5.82 Å². The van der Waals surface area contributed by atoms with Crippen LogP contribution in [0.1, 0.15) is 24.3 Å². The van der Waals surface area contributed by atoms with E-state index in [1.54, 1.807) is 10.9 Å². The summed E-state index contributed by atoms with van der Waals surface area (Å²) in [5.74, 6) is 0.309. The van der Waals surface area contributed by atoms with Crippen LogP contribution in [0.15, 0.2) is 43.0 Å². The predicted molar refractivity (Wildman–Crippen MR) is 98.5 cm³/mol. The third-order valence-corrected chi connectivity index (χ3v) is 4.85. The number of anilines is 1. The molecule has 1 aliphatic heterocycles. The first kappa shape index (κ1) is 17.8. The molecule has 0 amide bonds. The number of nitrogens with two attached hydrogens (primary N) is 1. The number of rotatable bonds is 6. The molecule has 0 unspecified atom stereocenters. The number of imidazole rings is 1. The van der Waals surface area contributed by atoms with E-state index in [-0.39, 0.29) is 12.6 Å². The number of nitrogens with zero attached hydrogens (tertiary/aromatic N) is 4. The van der Waals surface area contributed by atoms with Gasteiger partial charge < -0.3 is 26.0 Å². The Bertz CT molecular complexity index is 903. The van der Waals surface area contributed by atoms with E-state index in [2.05, 4.69) is 20.3 Å². The molecule has 2 aromatic heterocycles. The number of benzene rings is 1. The van der Waals surface area contributed by atoms with Crippen LogP contribution in [0.25, 0.3) is 11.2 Å². The number of fused-ring (bicyclic) bond motifs is 1. The maximum Gasteiger partial charge on any atom is 0.167 e. The predicted octanol–water partition coefficient (Wildman–Crippen LogP) is 0.380. The zero-order valence-corrected chi connectivity index (χ0v) is 14.6. The SMILES string of the molecule is Nc1ncnc2c1ncn2[C@H]1C[C@H](O)[C@@H](CN[C@H](CO)c2ccccc2)O1. The molecule has 4 atom stereocenters. The Hall–Kier alpha value is -2.59. The number of ether oxygens (including phenoxy) is 1. The van der Waals surface area contributed by atoms with Gasteiger partial charge in [-0.25, -0.2) is 15.0 Å². The summed E-state index contributed by atoms with van der Waals surface area (Å²) in [5.41, 5.74) is 7.90. The van der Waals surface area contributed by atoms with Gasteiger partial charge in [0.15, 0.2) is 11.5 Å². The standard InChI is InChI=1S/C18H22N6O3/c19-17-16-18(22-9-21-17)24(10-23-16)15-6-13(26)14(27-15)7-20-12(8-25)11-4-2-1-3-5-11/h1-5,9-10,12-15,20,25-26H,6-8H2,(H2,19,21,22)/t12-,13+,14-,15-/m1/s1. The highest BCUT2D eigenvalue weighted by Gasteiger charge is 2.36. The Kier molecular flexibility index (Phi) is 4.99. The Labute approximate surface area is 155 Å². The average molecular weight is 370 g/mol. The Balaban J connectivity index is 1.44. The number of hydrogen-bond donors (Lipinski definition) is 4. The summed E-state index contributed by atoms with van der Waals surface area (Å²) in [6, 6.07) is 9.46. The van der Waals surface area contributed by atoms with Crippen molar-refractivity contribution in [3.63, 3.8) is 0 Å². The lowest BCUT2D eigenvalue weighted by molar-refractivity contribution is -0.0177. The molecular weight excluding hydrogens is 348 g/mol. The molecule has 0 aliphatic carbocycles. The van der Waals surface area contributed by atoms with Crippen LogP contribution < -0.4 is 11.1 Å². The van der Waals surface area contributed by atoms with Crippen molar-refractivity contribution in [1.29, 1.82) is 0 Å². The normalized spacial score (nSPS) is 23.7. The van der Waals surface area contributed by atoms with Gasteiger partial charge in [-0.05, 0) is 5.56 Å². The van der Waals surface area contributed by atoms with Crippen LogP contribution in [0, 0.1) is 0 Å². The van der Waals surface area contributed by atoms with Gasteiger partial charge in [0.1, 0.15) is 18.1 Å². The smallest absolute Gasteiger partial charge is 0.167 e. The fourth-order valence-electron chi connectivity index (χ4n) is 3.38. The highest BCUT2D eigenvalue weighted by Crippen LogP contribution is 2.31. The number of nitrogens with one attached hydrogen (secondary N) is 1. The minimum Gasteiger partial charge on any atom is -0.394 e. The fourth-order valence-corrected chi connectivity index (χ4v) is 3.38. The van der Waals surface area contributed by atoms with Gasteiger partial charge in [0, 0.05) is 13.0 Å². The maximum atomic E-state index is 10.4. The zero-order chi connectivity index (χ0) is 18.8. The van der Waals surface area contributed by atoms with E-state index in [4.69, 9.17) is 10.5 Å². The molecule has 3 heterocycles. The van der Waals surface area contributed by atoms with Crippen LogP contribution in [0.3, 0.4) is 0 Å². The second-order valence-corrected chi connectivity index (χ2v) is 6.57. The summed E-state index contributed by atoms with van der Waals surface area (Å²) in [7, 11) is 0. The van der Waals surface area contributed by atoms with Gasteiger partial charge in [-0.2, -0.15) is 0 Å². The summed E-state index contributed by atoms with van der Waals surface area (Å²) in [5, 5.41) is 23.3. The molecule has 4 rings (SSSR count). The molecule has 0 saturated carbocycles. The molecule has 3 aromatic rings. The van der Waals surface area contributed by atoms with E-state index in [9.17, 15) is 10.2 Å². The third-order valence-electron chi connectivity index (χ3n) is 4.85. The minimum atomic E-state index is -0.644. The lowest BCUT2D eigenvalue weighted by Gasteiger charge is -2.21. The van der Waals surface area contributed by atoms with Crippen molar-refractivity contribution < 1.29 is 14.9 Å². The van der Waals surface area contributed by atoms with Gasteiger partial charge in [0.2, 0.25) is 0 Å². The maximum absolute atomic E-state index is 10.4. The molecule has 1 saturated heterocycles. The molecule has 0 spiro atoms. The molecule has 142 valence electrons. The first-order valence-corrected chi connectivity index (χ1v) is 8.83. The van der Waals surface area contributed by atoms with Crippen molar-refractivity contribution in [3.8, 4) is 0 Å². The van der Waals surface area contributed by atoms with Crippen LogP contribution >= 0.6 is 0 Å². The molecule has 5 N–H and O–H groups in total. The molecule has 0 bridgehead atoms. The highest BCUT2D eigenvalue weighted by molar-refractivity contribution is 5.81. The number of aromatic nitrogens is 4. The van der Waals surface area contributed by atoms with Crippen molar-refractivity contribution in [2.45, 2.75) is 30.9 Å². The van der Waals surface area contributed by atoms with E-state index in [0.717, 1.165) is 5.56 Å². The lowest BCUT2D eigenvalue weighted by Crippen LogP contribution is -2.37. The molecule has 9 heteroatoms. The van der Waals surface area contributed by atoms with Crippen LogP contribution in [0.5, 0.6) is 0 Å². The second kappa shape index (κ2) is 7.57. The van der Waals surface area contributed by atoms with E-state index in [1.165, 1.54) is 6.33 Å².